The summed E-state index contributed by atoms with van der Waals surface area (Å²) >= 11 is 5.73. The second-order valence-electron chi connectivity index (χ2n) is 5.19. The fourth-order valence-electron chi connectivity index (χ4n) is 1.70. The summed E-state index contributed by atoms with van der Waals surface area (Å²) in [4.78, 5) is 0. The Morgan fingerprint density at radius 1 is 1.33 bits per heavy atom. The molecule has 5 heteroatoms. The lowest BCUT2D eigenvalue weighted by molar-refractivity contribution is 0.557. The number of halogens is 2. The summed E-state index contributed by atoms with van der Waals surface area (Å²) < 4.78 is 3.84. The molecule has 0 amide bonds. The van der Waals surface area contributed by atoms with Crippen LogP contribution in [0.3, 0.4) is 0 Å². The minimum Gasteiger partial charge on any atom is -0.383 e. The van der Waals surface area contributed by atoms with Crippen LogP contribution in [0.5, 0.6) is 0 Å². The van der Waals surface area contributed by atoms with E-state index in [0.29, 0.717) is 5.82 Å². The van der Waals surface area contributed by atoms with Crippen LogP contribution in [0, 0.1) is 3.57 Å². The van der Waals surface area contributed by atoms with Gasteiger partial charge in [-0.15, -0.1) is 0 Å². The van der Waals surface area contributed by atoms with Gasteiger partial charge in [0.05, 0.1) is 15.0 Å². The van der Waals surface area contributed by atoms with E-state index in [-0.39, 0.29) is 5.41 Å². The summed E-state index contributed by atoms with van der Waals surface area (Å²) in [5.74, 6) is 0.693. The maximum Gasteiger partial charge on any atom is 0.141 e. The molecule has 0 atom stereocenters. The molecule has 0 bridgehead atoms. The van der Waals surface area contributed by atoms with Crippen molar-refractivity contribution in [3.05, 3.63) is 38.0 Å². The first-order valence-electron chi connectivity index (χ1n) is 5.61. The van der Waals surface area contributed by atoms with Crippen LogP contribution in [-0.2, 0) is 5.41 Å². The van der Waals surface area contributed by atoms with Crippen molar-refractivity contribution in [2.45, 2.75) is 26.2 Å². The Morgan fingerprint density at radius 2 is 2.00 bits per heavy atom. The van der Waals surface area contributed by atoms with Crippen LogP contribution in [0.4, 0.5) is 5.82 Å². The van der Waals surface area contributed by atoms with Crippen LogP contribution in [-0.4, -0.2) is 9.78 Å². The summed E-state index contributed by atoms with van der Waals surface area (Å²) in [7, 11) is 0. The van der Waals surface area contributed by atoms with E-state index >= 15 is 0 Å². The van der Waals surface area contributed by atoms with Gasteiger partial charge >= 0.3 is 0 Å². The van der Waals surface area contributed by atoms with Gasteiger partial charge in [0, 0.05) is 9.89 Å². The van der Waals surface area contributed by atoms with Crippen molar-refractivity contribution in [2.75, 3.05) is 5.73 Å². The predicted molar refractivity (Wildman–Crippen MR) is 87.1 cm³/mol. The topological polar surface area (TPSA) is 43.8 Å². The van der Waals surface area contributed by atoms with Gasteiger partial charge in [-0.3, -0.25) is 0 Å². The number of hydrogen-bond acceptors (Lipinski definition) is 2. The highest BCUT2D eigenvalue weighted by atomic mass is 127. The normalized spacial score (nSPS) is 11.8. The summed E-state index contributed by atoms with van der Waals surface area (Å²) in [5.41, 5.74) is 8.14. The molecule has 18 heavy (non-hydrogen) atoms. The molecule has 2 aromatic rings. The van der Waals surface area contributed by atoms with Crippen LogP contribution < -0.4 is 5.73 Å². The highest BCUT2D eigenvalue weighted by Gasteiger charge is 2.24. The van der Waals surface area contributed by atoms with Crippen LogP contribution in [0.25, 0.3) is 5.69 Å². The Hall–Kier alpha value is -0.560. The number of rotatable bonds is 1. The molecule has 2 rings (SSSR count). The first kappa shape index (κ1) is 13.9. The second-order valence-corrected chi connectivity index (χ2v) is 7.18. The van der Waals surface area contributed by atoms with Crippen LogP contribution in [0.1, 0.15) is 26.5 Å². The molecule has 0 saturated carbocycles. The number of hydrogen-bond donors (Lipinski definition) is 1. The van der Waals surface area contributed by atoms with Crippen molar-refractivity contribution in [3.8, 4) is 5.69 Å². The molecule has 0 aliphatic rings. The molecule has 3 nitrogen and oxygen atoms in total. The summed E-state index contributed by atoms with van der Waals surface area (Å²) in [6.45, 7) is 6.42. The fourth-order valence-corrected chi connectivity index (χ4v) is 3.23. The lowest BCUT2D eigenvalue weighted by atomic mass is 9.92. The van der Waals surface area contributed by atoms with E-state index in [1.54, 1.807) is 4.68 Å². The SMILES string of the molecule is CC(C)(C)c1nn(-c2cccc(Br)c2)c(N)c1I. The van der Waals surface area contributed by atoms with Crippen LogP contribution in [0.2, 0.25) is 0 Å². The Bertz CT molecular complexity index is 584. The van der Waals surface area contributed by atoms with Gasteiger partial charge in [-0.2, -0.15) is 5.10 Å². The molecule has 0 radical (unpaired) electrons. The summed E-state index contributed by atoms with van der Waals surface area (Å²) in [6.07, 6.45) is 0. The molecule has 96 valence electrons. The largest absolute Gasteiger partial charge is 0.383 e. The minimum absolute atomic E-state index is 0.0120. The van der Waals surface area contributed by atoms with Gasteiger partial charge in [-0.1, -0.05) is 42.8 Å². The molecular formula is C13H15BrIN3. The third-order valence-corrected chi connectivity index (χ3v) is 4.18. The standard InChI is InChI=1S/C13H15BrIN3/c1-13(2,3)11-10(15)12(16)18(17-11)9-6-4-5-8(14)7-9/h4-7H,16H2,1-3H3. The van der Waals surface area contributed by atoms with Crippen molar-refractivity contribution in [1.82, 2.24) is 9.78 Å². The zero-order valence-corrected chi connectivity index (χ0v) is 14.3. The third-order valence-electron chi connectivity index (χ3n) is 2.62. The number of anilines is 1. The Labute approximate surface area is 129 Å². The number of nitrogens with two attached hydrogens (primary N) is 1. The first-order chi connectivity index (χ1) is 8.30. The molecule has 0 fully saturated rings. The van der Waals surface area contributed by atoms with Crippen LogP contribution in [0.15, 0.2) is 28.7 Å². The number of benzene rings is 1. The number of aromatic nitrogens is 2. The Balaban J connectivity index is 2.60. The molecule has 2 N–H and O–H groups in total. The van der Waals surface area contributed by atoms with Crippen molar-refractivity contribution in [2.24, 2.45) is 0 Å². The molecule has 1 heterocycles. The average Bonchev–Trinajstić information content (AvgIpc) is 2.55. The van der Waals surface area contributed by atoms with E-state index in [0.717, 1.165) is 19.4 Å². The zero-order chi connectivity index (χ0) is 13.5. The van der Waals surface area contributed by atoms with Crippen molar-refractivity contribution < 1.29 is 0 Å². The molecule has 1 aromatic carbocycles. The lowest BCUT2D eigenvalue weighted by Gasteiger charge is -2.15. The van der Waals surface area contributed by atoms with Gasteiger partial charge in [0.1, 0.15) is 5.82 Å². The third kappa shape index (κ3) is 2.56. The maximum absolute atomic E-state index is 6.16. The fraction of sp³-hybridized carbons (Fsp3) is 0.308. The van der Waals surface area contributed by atoms with Crippen molar-refractivity contribution in [3.63, 3.8) is 0 Å². The lowest BCUT2D eigenvalue weighted by Crippen LogP contribution is -2.14. The Kier molecular flexibility index (Phi) is 3.73. The van der Waals surface area contributed by atoms with Crippen molar-refractivity contribution in [1.29, 1.82) is 0 Å². The van der Waals surface area contributed by atoms with E-state index in [4.69, 9.17) is 5.73 Å². The van der Waals surface area contributed by atoms with E-state index in [1.165, 1.54) is 0 Å². The highest BCUT2D eigenvalue weighted by Crippen LogP contribution is 2.31. The van der Waals surface area contributed by atoms with Gasteiger partial charge in [0.15, 0.2) is 0 Å². The monoisotopic (exact) mass is 419 g/mol. The molecule has 0 aliphatic heterocycles. The van der Waals surface area contributed by atoms with E-state index < -0.39 is 0 Å². The smallest absolute Gasteiger partial charge is 0.141 e. The van der Waals surface area contributed by atoms with Crippen LogP contribution >= 0.6 is 38.5 Å². The summed E-state index contributed by atoms with van der Waals surface area (Å²) in [6, 6.07) is 7.96. The maximum atomic E-state index is 6.16. The molecule has 0 aliphatic carbocycles. The molecular weight excluding hydrogens is 405 g/mol. The van der Waals surface area contributed by atoms with E-state index in [2.05, 4.69) is 64.4 Å². The molecule has 1 aromatic heterocycles. The quantitative estimate of drug-likeness (QED) is 0.706. The zero-order valence-electron chi connectivity index (χ0n) is 10.5. The Morgan fingerprint density at radius 3 is 2.50 bits per heavy atom. The average molecular weight is 420 g/mol. The van der Waals surface area contributed by atoms with E-state index in [9.17, 15) is 0 Å². The number of nitrogens with zero attached hydrogens (tertiary/aromatic N) is 2. The molecule has 0 spiro atoms. The van der Waals surface area contributed by atoms with Gasteiger partial charge < -0.3 is 5.73 Å². The first-order valence-corrected chi connectivity index (χ1v) is 7.48. The van der Waals surface area contributed by atoms with Gasteiger partial charge in [-0.25, -0.2) is 4.68 Å². The van der Waals surface area contributed by atoms with Gasteiger partial charge in [-0.05, 0) is 40.8 Å². The van der Waals surface area contributed by atoms with E-state index in [1.807, 2.05) is 24.3 Å². The predicted octanol–water partition coefficient (Wildman–Crippen LogP) is 4.12. The highest BCUT2D eigenvalue weighted by molar-refractivity contribution is 14.1. The second kappa shape index (κ2) is 4.85. The van der Waals surface area contributed by atoms with Gasteiger partial charge in [0.2, 0.25) is 0 Å². The summed E-state index contributed by atoms with van der Waals surface area (Å²) in [5, 5.41) is 4.66. The van der Waals surface area contributed by atoms with Crippen molar-refractivity contribution >= 4 is 44.3 Å². The molecule has 0 saturated heterocycles. The van der Waals surface area contributed by atoms with Gasteiger partial charge in [0.25, 0.3) is 0 Å². The minimum atomic E-state index is -0.0120. The number of nitrogen functional groups attached to an aromatic ring is 1. The molecule has 0 unspecified atom stereocenters.